The maximum Gasteiger partial charge on any atom is 0.129 e. The zero-order valence-electron chi connectivity index (χ0n) is 12.4. The second-order valence-corrected chi connectivity index (χ2v) is 6.28. The van der Waals surface area contributed by atoms with Gasteiger partial charge in [-0.05, 0) is 37.3 Å². The summed E-state index contributed by atoms with van der Waals surface area (Å²) in [4.78, 5) is 0. The molecule has 1 fully saturated rings. The Morgan fingerprint density at radius 2 is 2.25 bits per heavy atom. The molecule has 1 aliphatic heterocycles. The highest BCUT2D eigenvalue weighted by Crippen LogP contribution is 2.48. The van der Waals surface area contributed by atoms with Crippen LogP contribution in [0.25, 0.3) is 0 Å². The van der Waals surface area contributed by atoms with Crippen molar-refractivity contribution < 1.29 is 14.6 Å². The standard InChI is InChI=1S/C17H24O3/c1-3-12-5-4-8-17(10-12)11-15(18)14-7-6-13(19-2)9-16(14)20-17/h6-7,9,12,15,18H,3-5,8,10-11H2,1-2H3/t12?,15-,17?/m0/s1. The van der Waals surface area contributed by atoms with E-state index in [4.69, 9.17) is 9.47 Å². The van der Waals surface area contributed by atoms with Gasteiger partial charge in [0.1, 0.15) is 17.1 Å². The van der Waals surface area contributed by atoms with Crippen LogP contribution in [0, 0.1) is 5.92 Å². The molecule has 1 heterocycles. The number of hydrogen-bond donors (Lipinski definition) is 1. The fourth-order valence-corrected chi connectivity index (χ4v) is 3.81. The molecule has 1 aromatic carbocycles. The highest BCUT2D eigenvalue weighted by atomic mass is 16.5. The maximum absolute atomic E-state index is 10.5. The fourth-order valence-electron chi connectivity index (χ4n) is 3.81. The normalized spacial score (nSPS) is 32.5. The van der Waals surface area contributed by atoms with Gasteiger partial charge in [0.05, 0.1) is 13.2 Å². The Labute approximate surface area is 120 Å². The van der Waals surface area contributed by atoms with Crippen LogP contribution in [0.3, 0.4) is 0 Å². The molecule has 1 aliphatic carbocycles. The first kappa shape index (κ1) is 13.7. The van der Waals surface area contributed by atoms with Gasteiger partial charge in [-0.15, -0.1) is 0 Å². The van der Waals surface area contributed by atoms with Crippen molar-refractivity contribution in [3.05, 3.63) is 23.8 Å². The predicted molar refractivity (Wildman–Crippen MR) is 78.2 cm³/mol. The molecule has 0 saturated heterocycles. The second kappa shape index (κ2) is 5.28. The first-order valence-corrected chi connectivity index (χ1v) is 7.71. The van der Waals surface area contributed by atoms with E-state index in [-0.39, 0.29) is 5.60 Å². The van der Waals surface area contributed by atoms with Crippen LogP contribution in [-0.2, 0) is 0 Å². The monoisotopic (exact) mass is 276 g/mol. The van der Waals surface area contributed by atoms with Crippen LogP contribution in [0.5, 0.6) is 11.5 Å². The first-order chi connectivity index (χ1) is 9.65. The zero-order valence-corrected chi connectivity index (χ0v) is 12.4. The maximum atomic E-state index is 10.5. The molecule has 1 aromatic rings. The molecule has 3 heteroatoms. The first-order valence-electron chi connectivity index (χ1n) is 7.71. The largest absolute Gasteiger partial charge is 0.497 e. The third kappa shape index (κ3) is 2.39. The molecule has 0 aromatic heterocycles. The Morgan fingerprint density at radius 1 is 1.40 bits per heavy atom. The number of benzene rings is 1. The lowest BCUT2D eigenvalue weighted by Gasteiger charge is -2.45. The van der Waals surface area contributed by atoms with Gasteiger partial charge in [-0.25, -0.2) is 0 Å². The molecule has 2 aliphatic rings. The smallest absolute Gasteiger partial charge is 0.129 e. The van der Waals surface area contributed by atoms with E-state index < -0.39 is 6.10 Å². The molecule has 0 amide bonds. The third-order valence-corrected chi connectivity index (χ3v) is 4.95. The number of fused-ring (bicyclic) bond motifs is 1. The lowest BCUT2D eigenvalue weighted by atomic mass is 9.72. The van der Waals surface area contributed by atoms with Crippen molar-refractivity contribution in [1.29, 1.82) is 0 Å². The molecular weight excluding hydrogens is 252 g/mol. The van der Waals surface area contributed by atoms with E-state index in [0.29, 0.717) is 0 Å². The van der Waals surface area contributed by atoms with Gasteiger partial charge in [0.15, 0.2) is 0 Å². The Morgan fingerprint density at radius 3 is 3.00 bits per heavy atom. The molecule has 0 bridgehead atoms. The number of hydrogen-bond acceptors (Lipinski definition) is 3. The van der Waals surface area contributed by atoms with Gasteiger partial charge in [-0.2, -0.15) is 0 Å². The average Bonchev–Trinajstić information content (AvgIpc) is 2.46. The predicted octanol–water partition coefficient (Wildman–Crippen LogP) is 3.85. The van der Waals surface area contributed by atoms with Gasteiger partial charge in [0.2, 0.25) is 0 Å². The highest BCUT2D eigenvalue weighted by molar-refractivity contribution is 5.44. The third-order valence-electron chi connectivity index (χ3n) is 4.95. The minimum Gasteiger partial charge on any atom is -0.497 e. The van der Waals surface area contributed by atoms with Crippen LogP contribution in [0.1, 0.15) is 57.1 Å². The molecule has 1 spiro atoms. The molecule has 110 valence electrons. The molecule has 1 saturated carbocycles. The van der Waals surface area contributed by atoms with E-state index in [0.717, 1.165) is 42.2 Å². The van der Waals surface area contributed by atoms with Gasteiger partial charge in [-0.1, -0.05) is 19.8 Å². The number of aliphatic hydroxyl groups is 1. The molecule has 20 heavy (non-hydrogen) atoms. The van der Waals surface area contributed by atoms with Crippen LogP contribution in [0.4, 0.5) is 0 Å². The van der Waals surface area contributed by atoms with Crippen LogP contribution >= 0.6 is 0 Å². The minimum absolute atomic E-state index is 0.169. The Hall–Kier alpha value is -1.22. The fraction of sp³-hybridized carbons (Fsp3) is 0.647. The molecule has 3 atom stereocenters. The summed E-state index contributed by atoms with van der Waals surface area (Å²) in [5.41, 5.74) is 0.729. The molecule has 0 radical (unpaired) electrons. The Kier molecular flexibility index (Phi) is 3.63. The second-order valence-electron chi connectivity index (χ2n) is 6.28. The Bertz CT molecular complexity index is 485. The van der Waals surface area contributed by atoms with Crippen molar-refractivity contribution in [2.75, 3.05) is 7.11 Å². The lowest BCUT2D eigenvalue weighted by molar-refractivity contribution is -0.0522. The summed E-state index contributed by atoms with van der Waals surface area (Å²) < 4.78 is 11.6. The summed E-state index contributed by atoms with van der Waals surface area (Å²) >= 11 is 0. The number of methoxy groups -OCH3 is 1. The van der Waals surface area contributed by atoms with Crippen LogP contribution in [0.15, 0.2) is 18.2 Å². The Balaban J connectivity index is 1.90. The number of ether oxygens (including phenoxy) is 2. The van der Waals surface area contributed by atoms with Crippen LogP contribution < -0.4 is 9.47 Å². The number of aliphatic hydroxyl groups excluding tert-OH is 1. The van der Waals surface area contributed by atoms with Crippen molar-refractivity contribution in [3.8, 4) is 11.5 Å². The summed E-state index contributed by atoms with van der Waals surface area (Å²) in [6.07, 6.45) is 6.12. The van der Waals surface area contributed by atoms with Crippen LogP contribution in [-0.4, -0.2) is 17.8 Å². The van der Waals surface area contributed by atoms with Crippen molar-refractivity contribution in [1.82, 2.24) is 0 Å². The van der Waals surface area contributed by atoms with E-state index in [2.05, 4.69) is 6.92 Å². The molecule has 3 rings (SSSR count). The van der Waals surface area contributed by atoms with Gasteiger partial charge in [0, 0.05) is 18.1 Å². The molecule has 1 N–H and O–H groups in total. The highest BCUT2D eigenvalue weighted by Gasteiger charge is 2.43. The molecule has 2 unspecified atom stereocenters. The van der Waals surface area contributed by atoms with Crippen molar-refractivity contribution in [3.63, 3.8) is 0 Å². The summed E-state index contributed by atoms with van der Waals surface area (Å²) in [5.74, 6) is 2.32. The molecular formula is C17H24O3. The average molecular weight is 276 g/mol. The quantitative estimate of drug-likeness (QED) is 0.891. The summed E-state index contributed by atoms with van der Waals surface area (Å²) in [6, 6.07) is 5.72. The van der Waals surface area contributed by atoms with Gasteiger partial charge in [-0.3, -0.25) is 0 Å². The van der Waals surface area contributed by atoms with Crippen LogP contribution in [0.2, 0.25) is 0 Å². The van der Waals surface area contributed by atoms with E-state index >= 15 is 0 Å². The van der Waals surface area contributed by atoms with E-state index in [9.17, 15) is 5.11 Å². The van der Waals surface area contributed by atoms with E-state index in [1.54, 1.807) is 7.11 Å². The van der Waals surface area contributed by atoms with Crippen molar-refractivity contribution in [2.24, 2.45) is 5.92 Å². The lowest BCUT2D eigenvalue weighted by Crippen LogP contribution is -2.45. The van der Waals surface area contributed by atoms with Gasteiger partial charge >= 0.3 is 0 Å². The van der Waals surface area contributed by atoms with Gasteiger partial charge in [0.25, 0.3) is 0 Å². The topological polar surface area (TPSA) is 38.7 Å². The van der Waals surface area contributed by atoms with Crippen molar-refractivity contribution >= 4 is 0 Å². The van der Waals surface area contributed by atoms with E-state index in [1.165, 1.54) is 19.3 Å². The van der Waals surface area contributed by atoms with E-state index in [1.807, 2.05) is 18.2 Å². The SMILES string of the molecule is CCC1CCCC2(C1)C[C@H](O)c1ccc(OC)cc1O2. The summed E-state index contributed by atoms with van der Waals surface area (Å²) in [6.45, 7) is 2.25. The summed E-state index contributed by atoms with van der Waals surface area (Å²) in [5, 5.41) is 10.5. The minimum atomic E-state index is -0.416. The van der Waals surface area contributed by atoms with Gasteiger partial charge < -0.3 is 14.6 Å². The zero-order chi connectivity index (χ0) is 14.2. The number of rotatable bonds is 2. The molecule has 3 nitrogen and oxygen atoms in total. The summed E-state index contributed by atoms with van der Waals surface area (Å²) in [7, 11) is 1.66. The van der Waals surface area contributed by atoms with Crippen molar-refractivity contribution in [2.45, 2.75) is 57.2 Å².